The second kappa shape index (κ2) is 7.71. The van der Waals surface area contributed by atoms with Gasteiger partial charge in [0.2, 0.25) is 0 Å². The molecule has 24 heavy (non-hydrogen) atoms. The van der Waals surface area contributed by atoms with Crippen molar-refractivity contribution < 1.29 is 4.79 Å². The zero-order chi connectivity index (χ0) is 16.9. The standard InChI is InChI=1S/C18H12Cl2N2OS/c19-12-7-9-13(10-8-12)24-18-16(6-3-11-21-18)22-17(23)14-4-1-2-5-15(14)20/h1-11H,(H,22,23). The Morgan fingerprint density at radius 3 is 2.46 bits per heavy atom. The average molecular weight is 375 g/mol. The van der Waals surface area contributed by atoms with Gasteiger partial charge >= 0.3 is 0 Å². The van der Waals surface area contributed by atoms with Crippen LogP contribution in [-0.4, -0.2) is 10.9 Å². The van der Waals surface area contributed by atoms with Crippen LogP contribution in [0.2, 0.25) is 10.0 Å². The quantitative estimate of drug-likeness (QED) is 0.627. The van der Waals surface area contributed by atoms with Crippen LogP contribution < -0.4 is 5.32 Å². The van der Waals surface area contributed by atoms with E-state index in [2.05, 4.69) is 10.3 Å². The number of hydrogen-bond donors (Lipinski definition) is 1. The maximum absolute atomic E-state index is 12.4. The molecular formula is C18H12Cl2N2OS. The van der Waals surface area contributed by atoms with E-state index in [1.807, 2.05) is 24.3 Å². The third kappa shape index (κ3) is 4.09. The maximum atomic E-state index is 12.4. The number of hydrogen-bond acceptors (Lipinski definition) is 3. The van der Waals surface area contributed by atoms with E-state index in [4.69, 9.17) is 23.2 Å². The van der Waals surface area contributed by atoms with Crippen LogP contribution in [0, 0.1) is 0 Å². The van der Waals surface area contributed by atoms with Crippen LogP contribution in [0.15, 0.2) is 76.8 Å². The molecule has 6 heteroatoms. The molecule has 0 aliphatic heterocycles. The molecule has 3 nitrogen and oxygen atoms in total. The Bertz CT molecular complexity index is 869. The van der Waals surface area contributed by atoms with Crippen LogP contribution in [0.25, 0.3) is 0 Å². The van der Waals surface area contributed by atoms with E-state index >= 15 is 0 Å². The zero-order valence-electron chi connectivity index (χ0n) is 12.4. The lowest BCUT2D eigenvalue weighted by Gasteiger charge is -2.10. The smallest absolute Gasteiger partial charge is 0.257 e. The Morgan fingerprint density at radius 2 is 1.71 bits per heavy atom. The number of rotatable bonds is 4. The Labute approximate surface area is 154 Å². The summed E-state index contributed by atoms with van der Waals surface area (Å²) >= 11 is 13.4. The van der Waals surface area contributed by atoms with Crippen molar-refractivity contribution in [2.24, 2.45) is 0 Å². The van der Waals surface area contributed by atoms with E-state index in [1.54, 1.807) is 42.6 Å². The first-order valence-corrected chi connectivity index (χ1v) is 8.65. The van der Waals surface area contributed by atoms with E-state index in [9.17, 15) is 4.79 Å². The van der Waals surface area contributed by atoms with E-state index in [1.165, 1.54) is 11.8 Å². The lowest BCUT2D eigenvalue weighted by molar-refractivity contribution is 0.102. The Morgan fingerprint density at radius 1 is 0.958 bits per heavy atom. The number of nitrogens with one attached hydrogen (secondary N) is 1. The van der Waals surface area contributed by atoms with Gasteiger partial charge in [-0.25, -0.2) is 4.98 Å². The summed E-state index contributed by atoms with van der Waals surface area (Å²) in [5.74, 6) is -0.272. The number of anilines is 1. The Balaban J connectivity index is 1.83. The van der Waals surface area contributed by atoms with Gasteiger partial charge in [-0.15, -0.1) is 0 Å². The number of pyridine rings is 1. The summed E-state index contributed by atoms with van der Waals surface area (Å²) in [5, 5.41) is 4.64. The molecule has 3 aromatic rings. The molecule has 0 aliphatic carbocycles. The third-order valence-corrected chi connectivity index (χ3v) is 4.77. The maximum Gasteiger partial charge on any atom is 0.257 e. The van der Waals surface area contributed by atoms with Crippen LogP contribution >= 0.6 is 35.0 Å². The largest absolute Gasteiger partial charge is 0.320 e. The SMILES string of the molecule is O=C(Nc1cccnc1Sc1ccc(Cl)cc1)c1ccccc1Cl. The minimum absolute atomic E-state index is 0.272. The molecule has 0 radical (unpaired) electrons. The molecule has 0 atom stereocenters. The van der Waals surface area contributed by atoms with Crippen LogP contribution in [0.3, 0.4) is 0 Å². The molecule has 1 amide bonds. The highest BCUT2D eigenvalue weighted by atomic mass is 35.5. The van der Waals surface area contributed by atoms with Crippen molar-refractivity contribution in [1.82, 2.24) is 4.98 Å². The third-order valence-electron chi connectivity index (χ3n) is 3.17. The Kier molecular flexibility index (Phi) is 5.41. The summed E-state index contributed by atoms with van der Waals surface area (Å²) < 4.78 is 0. The molecule has 1 N–H and O–H groups in total. The van der Waals surface area contributed by atoms with Crippen molar-refractivity contribution in [3.8, 4) is 0 Å². The second-order valence-electron chi connectivity index (χ2n) is 4.85. The molecule has 0 saturated carbocycles. The highest BCUT2D eigenvalue weighted by molar-refractivity contribution is 7.99. The summed E-state index contributed by atoms with van der Waals surface area (Å²) in [6, 6.07) is 17.9. The van der Waals surface area contributed by atoms with Gasteiger partial charge in [0.15, 0.2) is 0 Å². The predicted octanol–water partition coefficient (Wildman–Crippen LogP) is 5.79. The van der Waals surface area contributed by atoms with Gasteiger partial charge in [0.05, 0.1) is 16.3 Å². The van der Waals surface area contributed by atoms with Crippen molar-refractivity contribution in [3.63, 3.8) is 0 Å². The van der Waals surface area contributed by atoms with Gasteiger partial charge in [-0.1, -0.05) is 47.1 Å². The molecule has 1 aromatic heterocycles. The number of amides is 1. The normalized spacial score (nSPS) is 10.4. The van der Waals surface area contributed by atoms with Gasteiger partial charge in [-0.05, 0) is 48.5 Å². The molecular weight excluding hydrogens is 363 g/mol. The molecule has 0 saturated heterocycles. The number of benzene rings is 2. The summed E-state index contributed by atoms with van der Waals surface area (Å²) in [5.41, 5.74) is 1.05. The topological polar surface area (TPSA) is 42.0 Å². The number of aromatic nitrogens is 1. The zero-order valence-corrected chi connectivity index (χ0v) is 14.7. The van der Waals surface area contributed by atoms with Crippen molar-refractivity contribution in [2.45, 2.75) is 9.92 Å². The van der Waals surface area contributed by atoms with Gasteiger partial charge in [-0.2, -0.15) is 0 Å². The molecule has 0 fully saturated rings. The van der Waals surface area contributed by atoms with Crippen molar-refractivity contribution >= 4 is 46.6 Å². The van der Waals surface area contributed by atoms with Crippen molar-refractivity contribution in [1.29, 1.82) is 0 Å². The number of carbonyl (C=O) groups is 1. The first-order chi connectivity index (χ1) is 11.6. The highest BCUT2D eigenvalue weighted by Gasteiger charge is 2.13. The van der Waals surface area contributed by atoms with E-state index in [0.29, 0.717) is 26.3 Å². The molecule has 0 spiro atoms. The fraction of sp³-hybridized carbons (Fsp3) is 0. The fourth-order valence-corrected chi connectivity index (χ4v) is 3.20. The lowest BCUT2D eigenvalue weighted by Crippen LogP contribution is -2.13. The molecule has 120 valence electrons. The lowest BCUT2D eigenvalue weighted by atomic mass is 10.2. The number of halogens is 2. The highest BCUT2D eigenvalue weighted by Crippen LogP contribution is 2.32. The first-order valence-electron chi connectivity index (χ1n) is 7.08. The van der Waals surface area contributed by atoms with E-state index in [-0.39, 0.29) is 5.91 Å². The van der Waals surface area contributed by atoms with Crippen molar-refractivity contribution in [3.05, 3.63) is 82.5 Å². The molecule has 0 bridgehead atoms. The second-order valence-corrected chi connectivity index (χ2v) is 6.75. The minimum atomic E-state index is -0.272. The van der Waals surface area contributed by atoms with Gasteiger partial charge in [-0.3, -0.25) is 4.79 Å². The van der Waals surface area contributed by atoms with Gasteiger partial charge in [0, 0.05) is 16.1 Å². The molecule has 0 unspecified atom stereocenters. The summed E-state index contributed by atoms with van der Waals surface area (Å²) in [6.07, 6.45) is 1.68. The van der Waals surface area contributed by atoms with Crippen LogP contribution in [-0.2, 0) is 0 Å². The van der Waals surface area contributed by atoms with Crippen LogP contribution in [0.4, 0.5) is 5.69 Å². The minimum Gasteiger partial charge on any atom is -0.320 e. The molecule has 0 aliphatic rings. The van der Waals surface area contributed by atoms with Gasteiger partial charge in [0.1, 0.15) is 5.03 Å². The Hall–Kier alpha value is -2.01. The molecule has 2 aromatic carbocycles. The van der Waals surface area contributed by atoms with Crippen molar-refractivity contribution in [2.75, 3.05) is 5.32 Å². The fourth-order valence-electron chi connectivity index (χ4n) is 2.02. The first kappa shape index (κ1) is 16.8. The van der Waals surface area contributed by atoms with Gasteiger partial charge in [0.25, 0.3) is 5.91 Å². The number of nitrogens with zero attached hydrogens (tertiary/aromatic N) is 1. The summed E-state index contributed by atoms with van der Waals surface area (Å²) in [7, 11) is 0. The van der Waals surface area contributed by atoms with Gasteiger partial charge < -0.3 is 5.32 Å². The monoisotopic (exact) mass is 374 g/mol. The summed E-state index contributed by atoms with van der Waals surface area (Å²) in [4.78, 5) is 17.8. The summed E-state index contributed by atoms with van der Waals surface area (Å²) in [6.45, 7) is 0. The van der Waals surface area contributed by atoms with E-state index < -0.39 is 0 Å². The molecule has 3 rings (SSSR count). The van der Waals surface area contributed by atoms with Crippen LogP contribution in [0.5, 0.6) is 0 Å². The predicted molar refractivity (Wildman–Crippen MR) is 99.2 cm³/mol. The van der Waals surface area contributed by atoms with E-state index in [0.717, 1.165) is 4.90 Å². The van der Waals surface area contributed by atoms with Crippen LogP contribution in [0.1, 0.15) is 10.4 Å². The molecule has 1 heterocycles. The average Bonchev–Trinajstić information content (AvgIpc) is 2.59. The number of carbonyl (C=O) groups excluding carboxylic acids is 1.